The Balaban J connectivity index is 3.01. The molecule has 0 fully saturated rings. The van der Waals surface area contributed by atoms with Gasteiger partial charge in [-0.1, -0.05) is 20.3 Å². The third-order valence-corrected chi connectivity index (χ3v) is 2.60. The van der Waals surface area contributed by atoms with Crippen LogP contribution in [-0.4, -0.2) is 12.9 Å². The van der Waals surface area contributed by atoms with Crippen LogP contribution in [0.3, 0.4) is 0 Å². The number of Topliss-reactive ketones (excluding diaryl/α,β-unsaturated/α-hetero) is 1. The molecule has 88 valence electrons. The minimum Gasteiger partial charge on any atom is -0.496 e. The van der Waals surface area contributed by atoms with Gasteiger partial charge >= 0.3 is 0 Å². The quantitative estimate of drug-likeness (QED) is 0.716. The van der Waals surface area contributed by atoms with Crippen LogP contribution in [0.5, 0.6) is 5.75 Å². The van der Waals surface area contributed by atoms with Gasteiger partial charge in [0.1, 0.15) is 11.6 Å². The van der Waals surface area contributed by atoms with E-state index < -0.39 is 5.82 Å². The lowest BCUT2D eigenvalue weighted by Gasteiger charge is -2.12. The molecule has 1 atom stereocenters. The molecule has 0 aliphatic heterocycles. The molecule has 2 nitrogen and oxygen atoms in total. The lowest BCUT2D eigenvalue weighted by molar-refractivity contribution is 0.0920. The predicted molar refractivity (Wildman–Crippen MR) is 61.4 cm³/mol. The molecule has 1 aromatic carbocycles. The average molecular weight is 224 g/mol. The van der Waals surface area contributed by atoms with Gasteiger partial charge in [0.25, 0.3) is 0 Å². The van der Waals surface area contributed by atoms with Crippen LogP contribution in [0.4, 0.5) is 4.39 Å². The number of benzene rings is 1. The minimum atomic E-state index is -0.409. The molecule has 16 heavy (non-hydrogen) atoms. The lowest BCUT2D eigenvalue weighted by Crippen LogP contribution is -2.12. The monoisotopic (exact) mass is 224 g/mol. The van der Waals surface area contributed by atoms with E-state index in [0.717, 1.165) is 12.8 Å². The van der Waals surface area contributed by atoms with Crippen molar-refractivity contribution in [2.75, 3.05) is 7.11 Å². The van der Waals surface area contributed by atoms with E-state index in [4.69, 9.17) is 4.74 Å². The highest BCUT2D eigenvalue weighted by atomic mass is 19.1. The third-order valence-electron chi connectivity index (χ3n) is 2.60. The molecule has 0 saturated heterocycles. The number of hydrogen-bond donors (Lipinski definition) is 0. The molecule has 3 heteroatoms. The maximum atomic E-state index is 13.1. The van der Waals surface area contributed by atoms with Gasteiger partial charge < -0.3 is 4.74 Å². The van der Waals surface area contributed by atoms with Gasteiger partial charge in [0.15, 0.2) is 5.78 Å². The molecule has 1 aromatic rings. The molecule has 0 bridgehead atoms. The van der Waals surface area contributed by atoms with Gasteiger partial charge in [0, 0.05) is 5.92 Å². The van der Waals surface area contributed by atoms with Crippen molar-refractivity contribution in [1.29, 1.82) is 0 Å². The zero-order chi connectivity index (χ0) is 12.1. The van der Waals surface area contributed by atoms with Gasteiger partial charge in [-0.25, -0.2) is 4.39 Å². The Morgan fingerprint density at radius 1 is 1.50 bits per heavy atom. The number of carbonyl (C=O) groups excluding carboxylic acids is 1. The molecule has 0 aromatic heterocycles. The second-order valence-electron chi connectivity index (χ2n) is 3.90. The zero-order valence-corrected chi connectivity index (χ0v) is 9.92. The van der Waals surface area contributed by atoms with Crippen molar-refractivity contribution < 1.29 is 13.9 Å². The number of rotatable bonds is 5. The summed E-state index contributed by atoms with van der Waals surface area (Å²) in [6.45, 7) is 3.88. The van der Waals surface area contributed by atoms with Crippen LogP contribution in [0.15, 0.2) is 18.2 Å². The normalized spacial score (nSPS) is 12.2. The van der Waals surface area contributed by atoms with Crippen molar-refractivity contribution in [3.05, 3.63) is 29.6 Å². The largest absolute Gasteiger partial charge is 0.496 e. The van der Waals surface area contributed by atoms with E-state index in [2.05, 4.69) is 0 Å². The molecule has 0 spiro atoms. The van der Waals surface area contributed by atoms with Gasteiger partial charge in [-0.05, 0) is 24.6 Å². The first-order valence-corrected chi connectivity index (χ1v) is 5.47. The summed E-state index contributed by atoms with van der Waals surface area (Å²) in [5.74, 6) is -0.124. The lowest BCUT2D eigenvalue weighted by atomic mass is 9.95. The molecular formula is C13H17FO2. The molecule has 1 rings (SSSR count). The highest BCUT2D eigenvalue weighted by Gasteiger charge is 2.18. The maximum Gasteiger partial charge on any atom is 0.169 e. The van der Waals surface area contributed by atoms with Crippen LogP contribution < -0.4 is 4.74 Å². The summed E-state index contributed by atoms with van der Waals surface area (Å²) in [7, 11) is 1.48. The average Bonchev–Trinajstić information content (AvgIpc) is 2.28. The molecule has 1 unspecified atom stereocenters. The summed E-state index contributed by atoms with van der Waals surface area (Å²) in [6, 6.07) is 4.02. The van der Waals surface area contributed by atoms with Crippen molar-refractivity contribution in [2.45, 2.75) is 26.7 Å². The molecule has 0 saturated carbocycles. The standard InChI is InChI=1S/C13H17FO2/c1-4-5-9(2)13(15)11-8-10(14)6-7-12(11)16-3/h6-9H,4-5H2,1-3H3. The first kappa shape index (κ1) is 12.7. The smallest absolute Gasteiger partial charge is 0.169 e. The van der Waals surface area contributed by atoms with Gasteiger partial charge in [0.2, 0.25) is 0 Å². The number of halogens is 1. The summed E-state index contributed by atoms with van der Waals surface area (Å²) in [4.78, 5) is 12.0. The van der Waals surface area contributed by atoms with Crippen LogP contribution in [0.2, 0.25) is 0 Å². The number of hydrogen-bond acceptors (Lipinski definition) is 2. The Kier molecular flexibility index (Phi) is 4.47. The van der Waals surface area contributed by atoms with Crippen LogP contribution in [0.1, 0.15) is 37.0 Å². The topological polar surface area (TPSA) is 26.3 Å². The van der Waals surface area contributed by atoms with Gasteiger partial charge in [-0.2, -0.15) is 0 Å². The number of ether oxygens (including phenoxy) is 1. The molecule has 0 aliphatic rings. The second-order valence-corrected chi connectivity index (χ2v) is 3.90. The fraction of sp³-hybridized carbons (Fsp3) is 0.462. The van der Waals surface area contributed by atoms with E-state index in [1.165, 1.54) is 25.3 Å². The van der Waals surface area contributed by atoms with E-state index >= 15 is 0 Å². The summed E-state index contributed by atoms with van der Waals surface area (Å²) < 4.78 is 18.1. The Labute approximate surface area is 95.4 Å². The van der Waals surface area contributed by atoms with E-state index in [1.807, 2.05) is 13.8 Å². The van der Waals surface area contributed by atoms with E-state index in [-0.39, 0.29) is 11.7 Å². The molecule has 0 N–H and O–H groups in total. The first-order valence-electron chi connectivity index (χ1n) is 5.47. The fourth-order valence-corrected chi connectivity index (χ4v) is 1.70. The minimum absolute atomic E-state index is 0.0572. The van der Waals surface area contributed by atoms with Crippen LogP contribution in [0.25, 0.3) is 0 Å². The SMILES string of the molecule is CCCC(C)C(=O)c1cc(F)ccc1OC. The summed E-state index contributed by atoms with van der Waals surface area (Å²) >= 11 is 0. The summed E-state index contributed by atoms with van der Waals surface area (Å²) in [5, 5.41) is 0. The molecular weight excluding hydrogens is 207 g/mol. The third kappa shape index (κ3) is 2.81. The number of ketones is 1. The van der Waals surface area contributed by atoms with Crippen molar-refractivity contribution >= 4 is 5.78 Å². The van der Waals surface area contributed by atoms with Crippen molar-refractivity contribution in [3.8, 4) is 5.75 Å². The van der Waals surface area contributed by atoms with Crippen molar-refractivity contribution in [3.63, 3.8) is 0 Å². The highest BCUT2D eigenvalue weighted by Crippen LogP contribution is 2.24. The molecule has 0 heterocycles. The van der Waals surface area contributed by atoms with E-state index in [0.29, 0.717) is 11.3 Å². The highest BCUT2D eigenvalue weighted by molar-refractivity contribution is 6.00. The Morgan fingerprint density at radius 2 is 2.19 bits per heavy atom. The first-order chi connectivity index (χ1) is 7.60. The fourth-order valence-electron chi connectivity index (χ4n) is 1.70. The van der Waals surface area contributed by atoms with Crippen LogP contribution in [0, 0.1) is 11.7 Å². The van der Waals surface area contributed by atoms with Gasteiger partial charge in [-0.15, -0.1) is 0 Å². The predicted octanol–water partition coefficient (Wildman–Crippen LogP) is 3.45. The van der Waals surface area contributed by atoms with E-state index in [1.54, 1.807) is 0 Å². The molecule has 0 radical (unpaired) electrons. The van der Waals surface area contributed by atoms with Crippen molar-refractivity contribution in [1.82, 2.24) is 0 Å². The Hall–Kier alpha value is -1.38. The summed E-state index contributed by atoms with van der Waals surface area (Å²) in [6.07, 6.45) is 1.74. The van der Waals surface area contributed by atoms with Crippen LogP contribution in [-0.2, 0) is 0 Å². The summed E-state index contributed by atoms with van der Waals surface area (Å²) in [5.41, 5.74) is 0.337. The van der Waals surface area contributed by atoms with Crippen molar-refractivity contribution in [2.24, 2.45) is 5.92 Å². The Morgan fingerprint density at radius 3 is 2.75 bits per heavy atom. The zero-order valence-electron chi connectivity index (χ0n) is 9.92. The Bertz CT molecular complexity index is 374. The maximum absolute atomic E-state index is 13.1. The van der Waals surface area contributed by atoms with Gasteiger partial charge in [-0.3, -0.25) is 4.79 Å². The van der Waals surface area contributed by atoms with E-state index in [9.17, 15) is 9.18 Å². The number of carbonyl (C=O) groups is 1. The second kappa shape index (κ2) is 5.64. The number of methoxy groups -OCH3 is 1. The van der Waals surface area contributed by atoms with Gasteiger partial charge in [0.05, 0.1) is 12.7 Å². The molecule has 0 amide bonds. The van der Waals surface area contributed by atoms with Crippen LogP contribution >= 0.6 is 0 Å². The molecule has 0 aliphatic carbocycles.